The number of esters is 1. The van der Waals surface area contributed by atoms with Gasteiger partial charge in [0.1, 0.15) is 5.69 Å². The molecule has 0 spiro atoms. The van der Waals surface area contributed by atoms with Gasteiger partial charge >= 0.3 is 5.97 Å². The van der Waals surface area contributed by atoms with Crippen molar-refractivity contribution in [3.05, 3.63) is 44.7 Å². The van der Waals surface area contributed by atoms with Crippen molar-refractivity contribution in [3.63, 3.8) is 0 Å². The number of hydrogen-bond acceptors (Lipinski definition) is 3. The minimum Gasteiger partial charge on any atom is -0.464 e. The number of halogens is 1. The van der Waals surface area contributed by atoms with E-state index in [-0.39, 0.29) is 15.6 Å². The summed E-state index contributed by atoms with van der Waals surface area (Å²) >= 11 is 3.16. The maximum absolute atomic E-state index is 12.1. The van der Waals surface area contributed by atoms with Crippen molar-refractivity contribution in [1.29, 1.82) is 0 Å². The van der Waals surface area contributed by atoms with E-state index in [1.165, 1.54) is 7.11 Å². The molecule has 0 fully saturated rings. The van der Waals surface area contributed by atoms with E-state index >= 15 is 0 Å². The average molecular weight is 296 g/mol. The van der Waals surface area contributed by atoms with Gasteiger partial charge in [0.15, 0.2) is 0 Å². The second kappa shape index (κ2) is 4.33. The van der Waals surface area contributed by atoms with Gasteiger partial charge in [-0.15, -0.1) is 0 Å². The van der Waals surface area contributed by atoms with Gasteiger partial charge in [0.05, 0.1) is 17.1 Å². The summed E-state index contributed by atoms with van der Waals surface area (Å²) in [6.45, 7) is 0. The summed E-state index contributed by atoms with van der Waals surface area (Å²) in [6, 6.07) is 7.11. The molecule has 5 heteroatoms. The Kier molecular flexibility index (Phi) is 3.02. The second-order valence-corrected chi connectivity index (χ2v) is 4.35. The van der Waals surface area contributed by atoms with Crippen molar-refractivity contribution >= 4 is 32.8 Å². The van der Waals surface area contributed by atoms with Crippen LogP contribution >= 0.6 is 15.9 Å². The number of aryl methyl sites for hydroxylation is 1. The Balaban J connectivity index is 2.97. The molecular formula is C12H10BrNO3. The number of aromatic nitrogens is 1. The molecule has 0 saturated carbocycles. The van der Waals surface area contributed by atoms with Crippen LogP contribution in [0, 0.1) is 0 Å². The van der Waals surface area contributed by atoms with Crippen molar-refractivity contribution in [3.8, 4) is 0 Å². The van der Waals surface area contributed by atoms with Gasteiger partial charge in [-0.1, -0.05) is 12.1 Å². The summed E-state index contributed by atoms with van der Waals surface area (Å²) in [5, 5.41) is 0.564. The van der Waals surface area contributed by atoms with Gasteiger partial charge in [-0.3, -0.25) is 4.79 Å². The van der Waals surface area contributed by atoms with E-state index in [1.54, 1.807) is 29.8 Å². The number of carbonyl (C=O) groups excluding carboxylic acids is 1. The molecule has 88 valence electrons. The van der Waals surface area contributed by atoms with Crippen molar-refractivity contribution in [1.82, 2.24) is 4.57 Å². The number of rotatable bonds is 1. The van der Waals surface area contributed by atoms with E-state index in [2.05, 4.69) is 20.7 Å². The number of nitrogens with zero attached hydrogens (tertiary/aromatic N) is 1. The molecule has 0 aliphatic rings. The van der Waals surface area contributed by atoms with Crippen LogP contribution in [0.15, 0.2) is 33.5 Å². The summed E-state index contributed by atoms with van der Waals surface area (Å²) in [5.74, 6) is -0.540. The molecule has 2 rings (SSSR count). The summed E-state index contributed by atoms with van der Waals surface area (Å²) < 4.78 is 6.55. The topological polar surface area (TPSA) is 48.3 Å². The van der Waals surface area contributed by atoms with Crippen molar-refractivity contribution in [2.24, 2.45) is 7.05 Å². The number of methoxy groups -OCH3 is 1. The van der Waals surface area contributed by atoms with Crippen LogP contribution in [0.1, 0.15) is 10.5 Å². The maximum Gasteiger partial charge on any atom is 0.356 e. The third kappa shape index (κ3) is 1.76. The molecule has 17 heavy (non-hydrogen) atoms. The molecule has 2 aromatic rings. The molecule has 1 aromatic carbocycles. The molecule has 0 N–H and O–H groups in total. The third-order valence-corrected chi connectivity index (χ3v) is 3.37. The predicted molar refractivity (Wildman–Crippen MR) is 68.2 cm³/mol. The number of hydrogen-bond donors (Lipinski definition) is 0. The van der Waals surface area contributed by atoms with Crippen LogP contribution in [0.25, 0.3) is 10.9 Å². The number of pyridine rings is 1. The Morgan fingerprint density at radius 1 is 1.35 bits per heavy atom. The Hall–Kier alpha value is -1.62. The molecule has 1 aromatic heterocycles. The van der Waals surface area contributed by atoms with E-state index in [0.29, 0.717) is 10.9 Å². The highest BCUT2D eigenvalue weighted by atomic mass is 79.9. The number of ether oxygens (including phenoxy) is 1. The number of benzene rings is 1. The monoisotopic (exact) mass is 295 g/mol. The van der Waals surface area contributed by atoms with Gasteiger partial charge in [0.2, 0.25) is 5.43 Å². The van der Waals surface area contributed by atoms with Crippen LogP contribution in [0.4, 0.5) is 0 Å². The summed E-state index contributed by atoms with van der Waals surface area (Å²) in [5.41, 5.74) is 0.705. The third-order valence-electron chi connectivity index (χ3n) is 2.63. The fraction of sp³-hybridized carbons (Fsp3) is 0.167. The first kappa shape index (κ1) is 11.9. The quantitative estimate of drug-likeness (QED) is 0.757. The molecule has 4 nitrogen and oxygen atoms in total. The molecule has 1 heterocycles. The van der Waals surface area contributed by atoms with Crippen LogP contribution in [0.3, 0.4) is 0 Å². The largest absolute Gasteiger partial charge is 0.464 e. The smallest absolute Gasteiger partial charge is 0.356 e. The summed E-state index contributed by atoms with van der Waals surface area (Å²) in [6.07, 6.45) is 0. The highest BCUT2D eigenvalue weighted by Gasteiger charge is 2.19. The van der Waals surface area contributed by atoms with Gasteiger partial charge in [0.25, 0.3) is 0 Å². The van der Waals surface area contributed by atoms with Crippen molar-refractivity contribution in [2.75, 3.05) is 7.11 Å². The zero-order valence-electron chi connectivity index (χ0n) is 9.36. The van der Waals surface area contributed by atoms with Crippen LogP contribution in [-0.4, -0.2) is 17.6 Å². The Bertz CT molecular complexity index is 661. The Morgan fingerprint density at radius 3 is 2.65 bits per heavy atom. The lowest BCUT2D eigenvalue weighted by molar-refractivity contribution is 0.0588. The van der Waals surface area contributed by atoms with Gasteiger partial charge in [0, 0.05) is 12.4 Å². The first-order valence-corrected chi connectivity index (χ1v) is 5.72. The van der Waals surface area contributed by atoms with Gasteiger partial charge < -0.3 is 9.30 Å². The SMILES string of the molecule is COC(=O)c1c(Br)c(=O)c2ccccc2n1C. The predicted octanol–water partition coefficient (Wildman–Crippen LogP) is 2.09. The summed E-state index contributed by atoms with van der Waals surface area (Å²) in [7, 11) is 3.01. The average Bonchev–Trinajstić information content (AvgIpc) is 2.36. The van der Waals surface area contributed by atoms with E-state index in [0.717, 1.165) is 0 Å². The molecule has 0 atom stereocenters. The first-order chi connectivity index (χ1) is 8.07. The number of para-hydroxylation sites is 1. The van der Waals surface area contributed by atoms with Crippen molar-refractivity contribution < 1.29 is 9.53 Å². The van der Waals surface area contributed by atoms with E-state index in [9.17, 15) is 9.59 Å². The lowest BCUT2D eigenvalue weighted by Gasteiger charge is -2.12. The minimum atomic E-state index is -0.540. The fourth-order valence-corrected chi connectivity index (χ4v) is 2.42. The molecule has 0 aliphatic heterocycles. The fourth-order valence-electron chi connectivity index (χ4n) is 1.77. The highest BCUT2D eigenvalue weighted by Crippen LogP contribution is 2.19. The first-order valence-electron chi connectivity index (χ1n) is 4.93. The molecule has 0 unspecified atom stereocenters. The van der Waals surface area contributed by atoms with Crippen LogP contribution in [0.2, 0.25) is 0 Å². The molecule has 0 bridgehead atoms. The van der Waals surface area contributed by atoms with Gasteiger partial charge in [-0.05, 0) is 28.1 Å². The second-order valence-electron chi connectivity index (χ2n) is 3.56. The molecule has 0 saturated heterocycles. The molecule has 0 radical (unpaired) electrons. The maximum atomic E-state index is 12.1. The zero-order valence-corrected chi connectivity index (χ0v) is 10.9. The Labute approximate surface area is 106 Å². The number of fused-ring (bicyclic) bond motifs is 1. The minimum absolute atomic E-state index is 0.209. The number of carbonyl (C=O) groups is 1. The zero-order chi connectivity index (χ0) is 12.6. The van der Waals surface area contributed by atoms with E-state index in [1.807, 2.05) is 6.07 Å². The van der Waals surface area contributed by atoms with E-state index in [4.69, 9.17) is 0 Å². The van der Waals surface area contributed by atoms with Crippen molar-refractivity contribution in [2.45, 2.75) is 0 Å². The lowest BCUT2D eigenvalue weighted by Crippen LogP contribution is -2.19. The normalized spacial score (nSPS) is 10.5. The van der Waals surface area contributed by atoms with Crippen LogP contribution in [0.5, 0.6) is 0 Å². The lowest BCUT2D eigenvalue weighted by atomic mass is 10.2. The summed E-state index contributed by atoms with van der Waals surface area (Å²) in [4.78, 5) is 23.7. The van der Waals surface area contributed by atoms with Crippen LogP contribution in [-0.2, 0) is 11.8 Å². The molecule has 0 amide bonds. The van der Waals surface area contributed by atoms with E-state index < -0.39 is 5.97 Å². The highest BCUT2D eigenvalue weighted by molar-refractivity contribution is 9.10. The van der Waals surface area contributed by atoms with Gasteiger partial charge in [-0.2, -0.15) is 0 Å². The molecular weight excluding hydrogens is 286 g/mol. The molecule has 0 aliphatic carbocycles. The Morgan fingerprint density at radius 2 is 2.00 bits per heavy atom. The van der Waals surface area contributed by atoms with Crippen LogP contribution < -0.4 is 5.43 Å². The standard InChI is InChI=1S/C12H10BrNO3/c1-14-8-6-4-3-5-7(8)11(15)9(13)10(14)12(16)17-2/h3-6H,1-2H3. The van der Waals surface area contributed by atoms with Gasteiger partial charge in [-0.25, -0.2) is 4.79 Å².